The first kappa shape index (κ1) is 16.9. The van der Waals surface area contributed by atoms with E-state index in [0.29, 0.717) is 11.5 Å². The lowest BCUT2D eigenvalue weighted by Crippen LogP contribution is -2.34. The van der Waals surface area contributed by atoms with Crippen LogP contribution in [0.25, 0.3) is 0 Å². The first-order valence-corrected chi connectivity index (χ1v) is 8.12. The fraction of sp³-hybridized carbons (Fsp3) is 0.571. The quantitative estimate of drug-likeness (QED) is 0.821. The smallest absolute Gasteiger partial charge is 0.241 e. The Kier molecular flexibility index (Phi) is 5.15. The van der Waals surface area contributed by atoms with Crippen LogP contribution in [-0.2, 0) is 10.0 Å². The largest absolute Gasteiger partial charge is 0.396 e. The molecular formula is C14H23FN2O2S. The Morgan fingerprint density at radius 1 is 1.30 bits per heavy atom. The van der Waals surface area contributed by atoms with Gasteiger partial charge in [0.05, 0.1) is 10.6 Å². The van der Waals surface area contributed by atoms with Gasteiger partial charge in [0.15, 0.2) is 0 Å². The number of nitrogens with one attached hydrogen (secondary N) is 1. The SMILES string of the molecule is Cc1cc(F)c(N)c(C)c1S(=O)(=O)NC(C)CC(C)C. The molecule has 1 unspecified atom stereocenters. The van der Waals surface area contributed by atoms with Crippen LogP contribution < -0.4 is 10.5 Å². The molecule has 0 amide bonds. The lowest BCUT2D eigenvalue weighted by molar-refractivity contribution is 0.482. The molecule has 1 rings (SSSR count). The number of nitrogens with two attached hydrogens (primary N) is 1. The van der Waals surface area contributed by atoms with Crippen molar-refractivity contribution in [1.82, 2.24) is 4.72 Å². The Morgan fingerprint density at radius 3 is 2.35 bits per heavy atom. The fourth-order valence-corrected chi connectivity index (χ4v) is 4.16. The zero-order chi connectivity index (χ0) is 15.7. The summed E-state index contributed by atoms with van der Waals surface area (Å²) in [4.78, 5) is 0.0759. The molecule has 0 spiro atoms. The van der Waals surface area contributed by atoms with Gasteiger partial charge in [-0.2, -0.15) is 0 Å². The molecule has 0 aliphatic rings. The first-order chi connectivity index (χ1) is 9.06. The van der Waals surface area contributed by atoms with Gasteiger partial charge in [-0.25, -0.2) is 17.5 Å². The highest BCUT2D eigenvalue weighted by Gasteiger charge is 2.24. The van der Waals surface area contributed by atoms with E-state index in [9.17, 15) is 12.8 Å². The van der Waals surface area contributed by atoms with Crippen molar-refractivity contribution in [2.24, 2.45) is 5.92 Å². The second-order valence-corrected chi connectivity index (χ2v) is 7.35. The normalized spacial score (nSPS) is 13.8. The van der Waals surface area contributed by atoms with Gasteiger partial charge in [0.1, 0.15) is 5.82 Å². The lowest BCUT2D eigenvalue weighted by Gasteiger charge is -2.19. The van der Waals surface area contributed by atoms with Crippen LogP contribution in [-0.4, -0.2) is 14.5 Å². The van der Waals surface area contributed by atoms with Gasteiger partial charge in [-0.1, -0.05) is 13.8 Å². The number of sulfonamides is 1. The summed E-state index contributed by atoms with van der Waals surface area (Å²) in [6.45, 7) is 8.95. The monoisotopic (exact) mass is 302 g/mol. The molecule has 1 aromatic rings. The topological polar surface area (TPSA) is 72.2 Å². The van der Waals surface area contributed by atoms with Gasteiger partial charge in [-0.15, -0.1) is 0 Å². The molecule has 4 nitrogen and oxygen atoms in total. The van der Waals surface area contributed by atoms with Gasteiger partial charge in [-0.3, -0.25) is 0 Å². The van der Waals surface area contributed by atoms with Gasteiger partial charge in [0.2, 0.25) is 10.0 Å². The van der Waals surface area contributed by atoms with Crippen LogP contribution in [0.1, 0.15) is 38.3 Å². The Hall–Kier alpha value is -1.14. The Balaban J connectivity index is 3.20. The third-order valence-corrected chi connectivity index (χ3v) is 5.03. The van der Waals surface area contributed by atoms with Crippen molar-refractivity contribution in [3.8, 4) is 0 Å². The van der Waals surface area contributed by atoms with E-state index in [0.717, 1.165) is 12.5 Å². The van der Waals surface area contributed by atoms with Crippen LogP contribution in [0.15, 0.2) is 11.0 Å². The van der Waals surface area contributed by atoms with E-state index in [1.807, 2.05) is 20.8 Å². The molecule has 3 N–H and O–H groups in total. The molecule has 0 radical (unpaired) electrons. The molecule has 1 aromatic carbocycles. The maximum absolute atomic E-state index is 13.5. The molecule has 114 valence electrons. The van der Waals surface area contributed by atoms with Crippen molar-refractivity contribution in [2.45, 2.75) is 52.0 Å². The van der Waals surface area contributed by atoms with E-state index in [4.69, 9.17) is 5.73 Å². The van der Waals surface area contributed by atoms with Gasteiger partial charge in [-0.05, 0) is 50.3 Å². The summed E-state index contributed by atoms with van der Waals surface area (Å²) < 4.78 is 41.0. The van der Waals surface area contributed by atoms with Crippen molar-refractivity contribution < 1.29 is 12.8 Å². The van der Waals surface area contributed by atoms with Crippen LogP contribution >= 0.6 is 0 Å². The van der Waals surface area contributed by atoms with Crippen molar-refractivity contribution in [3.63, 3.8) is 0 Å². The standard InChI is InChI=1S/C14H23FN2O2S/c1-8(2)6-10(4)17-20(18,19)14-9(3)7-12(15)13(16)11(14)5/h7-8,10,17H,6,16H2,1-5H3. The number of benzene rings is 1. The Labute approximate surface area is 120 Å². The van der Waals surface area contributed by atoms with Gasteiger partial charge < -0.3 is 5.73 Å². The summed E-state index contributed by atoms with van der Waals surface area (Å²) >= 11 is 0. The highest BCUT2D eigenvalue weighted by Crippen LogP contribution is 2.27. The molecule has 0 saturated heterocycles. The molecule has 0 heterocycles. The average Bonchev–Trinajstić information content (AvgIpc) is 2.23. The second kappa shape index (κ2) is 6.10. The zero-order valence-electron chi connectivity index (χ0n) is 12.6. The van der Waals surface area contributed by atoms with E-state index in [1.54, 1.807) is 6.92 Å². The summed E-state index contributed by atoms with van der Waals surface area (Å²) in [7, 11) is -3.70. The minimum Gasteiger partial charge on any atom is -0.396 e. The average molecular weight is 302 g/mol. The summed E-state index contributed by atoms with van der Waals surface area (Å²) in [5, 5.41) is 0. The van der Waals surface area contributed by atoms with E-state index >= 15 is 0 Å². The zero-order valence-corrected chi connectivity index (χ0v) is 13.4. The second-order valence-electron chi connectivity index (χ2n) is 5.69. The summed E-state index contributed by atoms with van der Waals surface area (Å²) in [6.07, 6.45) is 0.730. The first-order valence-electron chi connectivity index (χ1n) is 6.63. The molecule has 6 heteroatoms. The minimum absolute atomic E-state index is 0.0759. The molecule has 0 aromatic heterocycles. The Bertz CT molecular complexity index is 598. The van der Waals surface area contributed by atoms with Gasteiger partial charge in [0.25, 0.3) is 0 Å². The van der Waals surface area contributed by atoms with E-state index in [1.165, 1.54) is 6.92 Å². The lowest BCUT2D eigenvalue weighted by atomic mass is 10.1. The van der Waals surface area contributed by atoms with Crippen molar-refractivity contribution in [1.29, 1.82) is 0 Å². The number of anilines is 1. The van der Waals surface area contributed by atoms with E-state index in [-0.39, 0.29) is 22.2 Å². The molecule has 1 atom stereocenters. The van der Waals surface area contributed by atoms with Crippen LogP contribution in [0.4, 0.5) is 10.1 Å². The number of rotatable bonds is 5. The third-order valence-electron chi connectivity index (χ3n) is 3.15. The van der Waals surface area contributed by atoms with Gasteiger partial charge in [0, 0.05) is 6.04 Å². The minimum atomic E-state index is -3.70. The molecule has 0 aliphatic heterocycles. The van der Waals surface area contributed by atoms with Crippen LogP contribution in [0.5, 0.6) is 0 Å². The number of aryl methyl sites for hydroxylation is 1. The van der Waals surface area contributed by atoms with E-state index in [2.05, 4.69) is 4.72 Å². The number of hydrogen-bond donors (Lipinski definition) is 2. The fourth-order valence-electron chi connectivity index (χ4n) is 2.42. The number of nitrogen functional groups attached to an aromatic ring is 1. The maximum Gasteiger partial charge on any atom is 0.241 e. The molecule has 0 fully saturated rings. The predicted molar refractivity (Wildman–Crippen MR) is 79.5 cm³/mol. The number of hydrogen-bond acceptors (Lipinski definition) is 3. The van der Waals surface area contributed by atoms with Crippen molar-refractivity contribution >= 4 is 15.7 Å². The van der Waals surface area contributed by atoms with Gasteiger partial charge >= 0.3 is 0 Å². The van der Waals surface area contributed by atoms with Crippen LogP contribution in [0.2, 0.25) is 0 Å². The number of halogens is 1. The molecule has 20 heavy (non-hydrogen) atoms. The molecule has 0 aliphatic carbocycles. The van der Waals surface area contributed by atoms with Crippen LogP contribution in [0, 0.1) is 25.6 Å². The van der Waals surface area contributed by atoms with Crippen LogP contribution in [0.3, 0.4) is 0 Å². The molecule has 0 saturated carbocycles. The summed E-state index contributed by atoms with van der Waals surface area (Å²) in [5.41, 5.74) is 6.09. The highest BCUT2D eigenvalue weighted by molar-refractivity contribution is 7.89. The molecular weight excluding hydrogens is 279 g/mol. The predicted octanol–water partition coefficient (Wildman–Crippen LogP) is 2.74. The summed E-state index contributed by atoms with van der Waals surface area (Å²) in [5.74, 6) is -0.206. The van der Waals surface area contributed by atoms with Crippen molar-refractivity contribution in [3.05, 3.63) is 23.0 Å². The third kappa shape index (κ3) is 3.70. The maximum atomic E-state index is 13.5. The van der Waals surface area contributed by atoms with Crippen molar-refractivity contribution in [2.75, 3.05) is 5.73 Å². The summed E-state index contributed by atoms with van der Waals surface area (Å²) in [6, 6.07) is 0.967. The molecule has 0 bridgehead atoms. The van der Waals surface area contributed by atoms with E-state index < -0.39 is 15.8 Å². The highest BCUT2D eigenvalue weighted by atomic mass is 32.2. The Morgan fingerprint density at radius 2 is 1.85 bits per heavy atom.